The highest BCUT2D eigenvalue weighted by Gasteiger charge is 2.53. The van der Waals surface area contributed by atoms with Crippen molar-refractivity contribution in [1.82, 2.24) is 5.32 Å². The molecular weight excluding hydrogens is 392 g/mol. The summed E-state index contributed by atoms with van der Waals surface area (Å²) in [5.41, 5.74) is 1.02. The van der Waals surface area contributed by atoms with Gasteiger partial charge in [-0.25, -0.2) is 0 Å². The Labute approximate surface area is 184 Å². The Balaban J connectivity index is 1.25. The van der Waals surface area contributed by atoms with Crippen LogP contribution in [-0.2, 0) is 9.59 Å². The van der Waals surface area contributed by atoms with Crippen molar-refractivity contribution in [2.45, 2.75) is 57.9 Å². The van der Waals surface area contributed by atoms with Crippen molar-refractivity contribution in [3.05, 3.63) is 18.2 Å². The van der Waals surface area contributed by atoms with Gasteiger partial charge in [0.05, 0.1) is 20.1 Å². The molecule has 6 nitrogen and oxygen atoms in total. The van der Waals surface area contributed by atoms with Gasteiger partial charge in [-0.1, -0.05) is 0 Å². The molecule has 4 saturated carbocycles. The van der Waals surface area contributed by atoms with E-state index in [-0.39, 0.29) is 35.6 Å². The summed E-state index contributed by atoms with van der Waals surface area (Å²) in [5, 5.41) is 3.35. The summed E-state index contributed by atoms with van der Waals surface area (Å²) in [6, 6.07) is 5.62. The van der Waals surface area contributed by atoms with Crippen molar-refractivity contribution >= 4 is 17.5 Å². The molecule has 2 atom stereocenters. The van der Waals surface area contributed by atoms with Gasteiger partial charge in [-0.3, -0.25) is 9.59 Å². The lowest BCUT2D eigenvalue weighted by Crippen LogP contribution is -2.56. The number of carbonyl (C=O) groups excluding carboxylic acids is 2. The Kier molecular flexibility index (Phi) is 5.14. The van der Waals surface area contributed by atoms with E-state index in [9.17, 15) is 9.59 Å². The van der Waals surface area contributed by atoms with Gasteiger partial charge in [-0.15, -0.1) is 0 Å². The molecule has 1 saturated heterocycles. The van der Waals surface area contributed by atoms with Crippen LogP contribution in [0, 0.1) is 29.1 Å². The molecular formula is C25H34N2O4. The van der Waals surface area contributed by atoms with Crippen LogP contribution in [0.1, 0.15) is 51.9 Å². The summed E-state index contributed by atoms with van der Waals surface area (Å²) >= 11 is 0. The van der Waals surface area contributed by atoms with E-state index in [4.69, 9.17) is 9.47 Å². The van der Waals surface area contributed by atoms with Crippen molar-refractivity contribution in [2.24, 2.45) is 29.1 Å². The molecule has 6 rings (SSSR count). The molecule has 168 valence electrons. The Bertz CT molecular complexity index is 847. The quantitative estimate of drug-likeness (QED) is 0.752. The average molecular weight is 427 g/mol. The molecule has 1 aromatic rings. The number of carbonyl (C=O) groups is 2. The first-order chi connectivity index (χ1) is 14.9. The number of amides is 2. The van der Waals surface area contributed by atoms with Crippen molar-refractivity contribution in [3.63, 3.8) is 0 Å². The van der Waals surface area contributed by atoms with Crippen LogP contribution in [0.3, 0.4) is 0 Å². The Morgan fingerprint density at radius 2 is 1.68 bits per heavy atom. The molecule has 0 aromatic heterocycles. The monoisotopic (exact) mass is 426 g/mol. The van der Waals surface area contributed by atoms with E-state index in [0.29, 0.717) is 18.0 Å². The average Bonchev–Trinajstić information content (AvgIpc) is 3.14. The smallest absolute Gasteiger partial charge is 0.227 e. The Morgan fingerprint density at radius 1 is 1.06 bits per heavy atom. The number of hydrogen-bond donors (Lipinski definition) is 1. The molecule has 5 aliphatic rings. The van der Waals surface area contributed by atoms with Crippen LogP contribution < -0.4 is 19.7 Å². The fourth-order valence-electron chi connectivity index (χ4n) is 7.32. The van der Waals surface area contributed by atoms with E-state index in [1.807, 2.05) is 6.07 Å². The van der Waals surface area contributed by atoms with Crippen LogP contribution in [0.15, 0.2) is 18.2 Å². The van der Waals surface area contributed by atoms with Gasteiger partial charge in [-0.2, -0.15) is 0 Å². The van der Waals surface area contributed by atoms with E-state index < -0.39 is 0 Å². The van der Waals surface area contributed by atoms with Crippen LogP contribution >= 0.6 is 0 Å². The number of nitrogens with one attached hydrogen (secondary N) is 1. The van der Waals surface area contributed by atoms with Crippen molar-refractivity contribution in [3.8, 4) is 11.5 Å². The molecule has 1 aromatic carbocycles. The van der Waals surface area contributed by atoms with Crippen LogP contribution in [0.2, 0.25) is 0 Å². The molecule has 1 N–H and O–H groups in total. The zero-order valence-corrected chi connectivity index (χ0v) is 18.9. The first kappa shape index (κ1) is 20.7. The molecule has 0 radical (unpaired) electrons. The van der Waals surface area contributed by atoms with Gasteiger partial charge in [0, 0.05) is 30.8 Å². The van der Waals surface area contributed by atoms with E-state index in [1.165, 1.54) is 38.5 Å². The van der Waals surface area contributed by atoms with Crippen molar-refractivity contribution in [2.75, 3.05) is 25.7 Å². The number of methoxy groups -OCH3 is 2. The van der Waals surface area contributed by atoms with E-state index in [0.717, 1.165) is 23.4 Å². The lowest BCUT2D eigenvalue weighted by atomic mass is 9.48. The van der Waals surface area contributed by atoms with Crippen molar-refractivity contribution < 1.29 is 19.1 Å². The maximum atomic E-state index is 13.2. The van der Waals surface area contributed by atoms with Crippen molar-refractivity contribution in [1.29, 1.82) is 0 Å². The molecule has 2 amide bonds. The van der Waals surface area contributed by atoms with Gasteiger partial charge < -0.3 is 19.7 Å². The molecule has 1 heterocycles. The third-order valence-electron chi connectivity index (χ3n) is 8.54. The van der Waals surface area contributed by atoms with Gasteiger partial charge in [0.2, 0.25) is 11.8 Å². The van der Waals surface area contributed by atoms with Crippen LogP contribution in [-0.4, -0.2) is 38.6 Å². The topological polar surface area (TPSA) is 67.9 Å². The fourth-order valence-corrected chi connectivity index (χ4v) is 7.32. The minimum Gasteiger partial charge on any atom is -0.493 e. The predicted octanol–water partition coefficient (Wildman–Crippen LogP) is 3.78. The highest BCUT2D eigenvalue weighted by molar-refractivity contribution is 6.00. The zero-order chi connectivity index (χ0) is 21.8. The molecule has 6 heteroatoms. The maximum absolute atomic E-state index is 13.2. The fraction of sp³-hybridized carbons (Fsp3) is 0.680. The van der Waals surface area contributed by atoms with E-state index in [1.54, 1.807) is 31.3 Å². The molecule has 2 unspecified atom stereocenters. The highest BCUT2D eigenvalue weighted by atomic mass is 16.5. The second-order valence-corrected chi connectivity index (χ2v) is 10.5. The first-order valence-corrected chi connectivity index (χ1v) is 11.7. The SMILES string of the molecule is COc1ccc(N2CC(C(=O)NC(C)C34CC5CC(CC(C5)C3)C4)CC2=O)cc1OC. The second kappa shape index (κ2) is 7.72. The number of rotatable bonds is 6. The normalized spacial score (nSPS) is 34.7. The summed E-state index contributed by atoms with van der Waals surface area (Å²) in [4.78, 5) is 27.6. The standard InChI is InChI=1S/C25H34N2O4/c1-15(25-11-16-6-17(12-25)8-18(7-16)13-25)26-24(29)19-9-23(28)27(14-19)20-4-5-21(30-2)22(10-20)31-3/h4-5,10,15-19H,6-9,11-14H2,1-3H3,(H,26,29). The summed E-state index contributed by atoms with van der Waals surface area (Å²) in [7, 11) is 3.17. The van der Waals surface area contributed by atoms with Gasteiger partial charge in [0.1, 0.15) is 0 Å². The molecule has 4 aliphatic carbocycles. The summed E-state index contributed by atoms with van der Waals surface area (Å²) in [5.74, 6) is 3.48. The number of nitrogens with zero attached hydrogens (tertiary/aromatic N) is 1. The lowest BCUT2D eigenvalue weighted by molar-refractivity contribution is -0.130. The van der Waals surface area contributed by atoms with Gasteiger partial charge in [0.25, 0.3) is 0 Å². The second-order valence-electron chi connectivity index (χ2n) is 10.5. The third kappa shape index (κ3) is 3.58. The molecule has 4 bridgehead atoms. The lowest BCUT2D eigenvalue weighted by Gasteiger charge is -2.59. The van der Waals surface area contributed by atoms with Gasteiger partial charge in [0.15, 0.2) is 11.5 Å². The Hall–Kier alpha value is -2.24. The Morgan fingerprint density at radius 3 is 2.26 bits per heavy atom. The molecule has 5 fully saturated rings. The number of benzene rings is 1. The summed E-state index contributed by atoms with van der Waals surface area (Å²) in [6.45, 7) is 2.61. The zero-order valence-electron chi connectivity index (χ0n) is 18.9. The van der Waals surface area contributed by atoms with Crippen LogP contribution in [0.25, 0.3) is 0 Å². The molecule has 31 heavy (non-hydrogen) atoms. The minimum atomic E-state index is -0.308. The van der Waals surface area contributed by atoms with Gasteiger partial charge in [-0.05, 0) is 80.8 Å². The molecule has 1 aliphatic heterocycles. The van der Waals surface area contributed by atoms with Gasteiger partial charge >= 0.3 is 0 Å². The van der Waals surface area contributed by atoms with E-state index >= 15 is 0 Å². The largest absolute Gasteiger partial charge is 0.493 e. The predicted molar refractivity (Wildman–Crippen MR) is 118 cm³/mol. The van der Waals surface area contributed by atoms with Crippen LogP contribution in [0.5, 0.6) is 11.5 Å². The summed E-state index contributed by atoms with van der Waals surface area (Å²) in [6.07, 6.45) is 8.26. The maximum Gasteiger partial charge on any atom is 0.227 e. The number of ether oxygens (including phenoxy) is 2. The summed E-state index contributed by atoms with van der Waals surface area (Å²) < 4.78 is 10.7. The number of anilines is 1. The minimum absolute atomic E-state index is 0.0187. The van der Waals surface area contributed by atoms with Crippen LogP contribution in [0.4, 0.5) is 5.69 Å². The number of hydrogen-bond acceptors (Lipinski definition) is 4. The van der Waals surface area contributed by atoms with E-state index in [2.05, 4.69) is 12.2 Å². The molecule has 0 spiro atoms. The highest BCUT2D eigenvalue weighted by Crippen LogP contribution is 2.61. The third-order valence-corrected chi connectivity index (χ3v) is 8.54. The first-order valence-electron chi connectivity index (χ1n) is 11.7.